The molecule has 1 atom stereocenters. The minimum atomic E-state index is 0.0944. The van der Waals surface area contributed by atoms with E-state index in [4.69, 9.17) is 0 Å². The summed E-state index contributed by atoms with van der Waals surface area (Å²) in [6.07, 6.45) is 0.929. The molecule has 5 heteroatoms. The molecule has 0 amide bonds. The molecular weight excluding hydrogens is 258 g/mol. The van der Waals surface area contributed by atoms with Gasteiger partial charge in [-0.1, -0.05) is 12.1 Å². The Morgan fingerprint density at radius 3 is 3.21 bits per heavy atom. The summed E-state index contributed by atoms with van der Waals surface area (Å²) in [4.78, 5) is 0. The van der Waals surface area contributed by atoms with E-state index >= 15 is 0 Å². The van der Waals surface area contributed by atoms with Gasteiger partial charge in [0.1, 0.15) is 5.52 Å². The van der Waals surface area contributed by atoms with Crippen molar-refractivity contribution in [2.75, 3.05) is 5.32 Å². The number of aliphatic hydroxyl groups excluding tert-OH is 1. The molecule has 4 rings (SSSR count). The second kappa shape index (κ2) is 4.08. The molecule has 1 aliphatic rings. The maximum atomic E-state index is 9.20. The summed E-state index contributed by atoms with van der Waals surface area (Å²) in [5, 5.41) is 22.3. The van der Waals surface area contributed by atoms with Crippen molar-refractivity contribution < 1.29 is 5.11 Å². The molecule has 3 aromatic rings. The fraction of sp³-hybridized carbons (Fsp3) is 0.214. The largest absolute Gasteiger partial charge is 0.392 e. The van der Waals surface area contributed by atoms with Gasteiger partial charge in [-0.05, 0) is 28.6 Å². The highest BCUT2D eigenvalue weighted by atomic mass is 32.1. The van der Waals surface area contributed by atoms with Crippen LogP contribution in [0.1, 0.15) is 22.9 Å². The van der Waals surface area contributed by atoms with Crippen LogP contribution in [0.15, 0.2) is 29.6 Å². The van der Waals surface area contributed by atoms with Crippen molar-refractivity contribution >= 4 is 27.2 Å². The number of aromatic amines is 1. The van der Waals surface area contributed by atoms with Crippen LogP contribution in [0.4, 0.5) is 5.69 Å². The Morgan fingerprint density at radius 1 is 1.37 bits per heavy atom. The average molecular weight is 271 g/mol. The maximum Gasteiger partial charge on any atom is 0.103 e. The van der Waals surface area contributed by atoms with Crippen molar-refractivity contribution in [2.45, 2.75) is 19.1 Å². The molecule has 0 radical (unpaired) electrons. The number of hydrogen-bond donors (Lipinski definition) is 3. The van der Waals surface area contributed by atoms with Gasteiger partial charge in [-0.2, -0.15) is 5.10 Å². The fourth-order valence-electron chi connectivity index (χ4n) is 2.69. The Morgan fingerprint density at radius 2 is 2.32 bits per heavy atom. The number of rotatable bonds is 2. The average Bonchev–Trinajstić information content (AvgIpc) is 3.11. The number of benzene rings is 1. The first-order valence-electron chi connectivity index (χ1n) is 6.26. The molecule has 0 aliphatic carbocycles. The first kappa shape index (κ1) is 11.0. The fourth-order valence-corrected chi connectivity index (χ4v) is 3.57. The molecule has 3 N–H and O–H groups in total. The summed E-state index contributed by atoms with van der Waals surface area (Å²) < 4.78 is 1.23. The van der Waals surface area contributed by atoms with E-state index in [0.717, 1.165) is 28.9 Å². The Balaban J connectivity index is 1.71. The van der Waals surface area contributed by atoms with Crippen molar-refractivity contribution in [3.05, 3.63) is 46.5 Å². The minimum Gasteiger partial charge on any atom is -0.392 e. The van der Waals surface area contributed by atoms with Crippen LogP contribution in [0.5, 0.6) is 0 Å². The van der Waals surface area contributed by atoms with Crippen molar-refractivity contribution in [1.82, 2.24) is 10.2 Å². The zero-order chi connectivity index (χ0) is 12.8. The zero-order valence-electron chi connectivity index (χ0n) is 10.2. The molecule has 19 heavy (non-hydrogen) atoms. The molecule has 1 unspecified atom stereocenters. The van der Waals surface area contributed by atoms with E-state index in [-0.39, 0.29) is 12.6 Å². The van der Waals surface area contributed by atoms with E-state index < -0.39 is 0 Å². The summed E-state index contributed by atoms with van der Waals surface area (Å²) in [7, 11) is 0. The van der Waals surface area contributed by atoms with Crippen molar-refractivity contribution in [2.24, 2.45) is 0 Å². The molecule has 0 bridgehead atoms. The van der Waals surface area contributed by atoms with Crippen LogP contribution in [0.2, 0.25) is 0 Å². The third kappa shape index (κ3) is 1.66. The first-order valence-corrected chi connectivity index (χ1v) is 7.14. The number of H-pyrrole nitrogens is 1. The monoisotopic (exact) mass is 271 g/mol. The van der Waals surface area contributed by atoms with Gasteiger partial charge in [0, 0.05) is 12.1 Å². The lowest BCUT2D eigenvalue weighted by Crippen LogP contribution is -2.06. The van der Waals surface area contributed by atoms with Gasteiger partial charge >= 0.3 is 0 Å². The summed E-state index contributed by atoms with van der Waals surface area (Å²) in [5.74, 6) is 0. The van der Waals surface area contributed by atoms with E-state index in [1.807, 2.05) is 18.2 Å². The van der Waals surface area contributed by atoms with Crippen LogP contribution in [0.25, 0.3) is 10.2 Å². The minimum absolute atomic E-state index is 0.0944. The molecule has 1 aliphatic heterocycles. The lowest BCUT2D eigenvalue weighted by atomic mass is 10.1. The molecule has 3 heterocycles. The van der Waals surface area contributed by atoms with E-state index in [9.17, 15) is 5.11 Å². The topological polar surface area (TPSA) is 60.9 Å². The van der Waals surface area contributed by atoms with Crippen molar-refractivity contribution in [3.63, 3.8) is 0 Å². The van der Waals surface area contributed by atoms with Crippen LogP contribution in [-0.4, -0.2) is 15.3 Å². The number of aliphatic hydroxyl groups is 1. The molecule has 2 aromatic heterocycles. The standard InChI is InChI=1S/C14H13N3OS/c18-7-8-1-2-10-9(5-8)6-12(15-10)13-14-11(16-17-13)3-4-19-14/h1-5,12,15,18H,6-7H2,(H,16,17). The number of aromatic nitrogens is 2. The Labute approximate surface area is 114 Å². The maximum absolute atomic E-state index is 9.20. The van der Waals surface area contributed by atoms with E-state index in [1.165, 1.54) is 10.3 Å². The van der Waals surface area contributed by atoms with Crippen LogP contribution in [-0.2, 0) is 13.0 Å². The highest BCUT2D eigenvalue weighted by Crippen LogP contribution is 2.37. The Bertz CT molecular complexity index is 746. The van der Waals surface area contributed by atoms with Crippen LogP contribution in [0, 0.1) is 0 Å². The quantitative estimate of drug-likeness (QED) is 0.671. The van der Waals surface area contributed by atoms with Gasteiger partial charge in [0.25, 0.3) is 0 Å². The molecular formula is C14H13N3OS. The second-order valence-electron chi connectivity index (χ2n) is 4.82. The first-order chi connectivity index (χ1) is 9.35. The highest BCUT2D eigenvalue weighted by molar-refractivity contribution is 7.17. The molecule has 0 spiro atoms. The van der Waals surface area contributed by atoms with E-state index in [2.05, 4.69) is 27.0 Å². The predicted molar refractivity (Wildman–Crippen MR) is 76.4 cm³/mol. The van der Waals surface area contributed by atoms with E-state index in [0.29, 0.717) is 0 Å². The molecule has 4 nitrogen and oxygen atoms in total. The highest BCUT2D eigenvalue weighted by Gasteiger charge is 2.25. The van der Waals surface area contributed by atoms with Gasteiger partial charge in [0.15, 0.2) is 0 Å². The third-order valence-electron chi connectivity index (χ3n) is 3.64. The zero-order valence-corrected chi connectivity index (χ0v) is 11.0. The van der Waals surface area contributed by atoms with E-state index in [1.54, 1.807) is 11.3 Å². The predicted octanol–water partition coefficient (Wildman–Crippen LogP) is 2.83. The summed E-state index contributed by atoms with van der Waals surface area (Å²) in [5.41, 5.74) is 5.57. The summed E-state index contributed by atoms with van der Waals surface area (Å²) in [6, 6.07) is 8.36. The van der Waals surface area contributed by atoms with Crippen LogP contribution in [0.3, 0.4) is 0 Å². The lowest BCUT2D eigenvalue weighted by molar-refractivity contribution is 0.282. The van der Waals surface area contributed by atoms with Crippen molar-refractivity contribution in [1.29, 1.82) is 0 Å². The number of anilines is 1. The SMILES string of the molecule is OCc1ccc2c(c1)CC(c1[nH]nc3ccsc13)N2. The number of nitrogens with zero attached hydrogens (tertiary/aromatic N) is 1. The van der Waals surface area contributed by atoms with Gasteiger partial charge in [-0.25, -0.2) is 0 Å². The molecule has 0 saturated heterocycles. The molecule has 96 valence electrons. The normalized spacial score (nSPS) is 17.6. The number of nitrogens with one attached hydrogen (secondary N) is 2. The molecule has 0 saturated carbocycles. The molecule has 1 aromatic carbocycles. The van der Waals surface area contributed by atoms with Gasteiger partial charge in [-0.15, -0.1) is 11.3 Å². The summed E-state index contributed by atoms with van der Waals surface area (Å²) in [6.45, 7) is 0.0944. The van der Waals surface area contributed by atoms with Crippen LogP contribution >= 0.6 is 11.3 Å². The summed E-state index contributed by atoms with van der Waals surface area (Å²) >= 11 is 1.72. The number of thiophene rings is 1. The number of hydrogen-bond acceptors (Lipinski definition) is 4. The van der Waals surface area contributed by atoms with Crippen molar-refractivity contribution in [3.8, 4) is 0 Å². The lowest BCUT2D eigenvalue weighted by Gasteiger charge is -2.08. The Hall–Kier alpha value is -1.85. The Kier molecular flexibility index (Phi) is 2.36. The third-order valence-corrected chi connectivity index (χ3v) is 4.58. The van der Waals surface area contributed by atoms with Gasteiger partial charge in [0.05, 0.1) is 23.0 Å². The molecule has 0 fully saturated rings. The second-order valence-corrected chi connectivity index (χ2v) is 5.74. The van der Waals surface area contributed by atoms with Gasteiger partial charge < -0.3 is 10.4 Å². The van der Waals surface area contributed by atoms with Gasteiger partial charge in [-0.3, -0.25) is 5.10 Å². The number of fused-ring (bicyclic) bond motifs is 2. The van der Waals surface area contributed by atoms with Gasteiger partial charge in [0.2, 0.25) is 0 Å². The smallest absolute Gasteiger partial charge is 0.103 e. The van der Waals surface area contributed by atoms with Crippen LogP contribution < -0.4 is 5.32 Å².